The van der Waals surface area contributed by atoms with Gasteiger partial charge in [-0.15, -0.1) is 11.3 Å². The number of carbonyl (C=O) groups excluding carboxylic acids is 1. The first kappa shape index (κ1) is 11.9. The molecule has 0 unspecified atom stereocenters. The summed E-state index contributed by atoms with van der Waals surface area (Å²) in [6.45, 7) is 0. The SMILES string of the molecule is COC=Cc1cc2c(s1)CCC(C(=O)OC)=C2. The zero-order chi connectivity index (χ0) is 12.3. The zero-order valence-electron chi connectivity index (χ0n) is 9.86. The average Bonchev–Trinajstić information content (AvgIpc) is 2.76. The normalized spacial score (nSPS) is 14.4. The summed E-state index contributed by atoms with van der Waals surface area (Å²) < 4.78 is 9.63. The van der Waals surface area contributed by atoms with Gasteiger partial charge in [-0.3, -0.25) is 0 Å². The number of hydrogen-bond donors (Lipinski definition) is 0. The minimum atomic E-state index is -0.226. The monoisotopic (exact) mass is 250 g/mol. The summed E-state index contributed by atoms with van der Waals surface area (Å²) in [4.78, 5) is 13.9. The molecule has 0 amide bonds. The van der Waals surface area contributed by atoms with Gasteiger partial charge in [0, 0.05) is 15.3 Å². The summed E-state index contributed by atoms with van der Waals surface area (Å²) in [5.74, 6) is -0.226. The third-order valence-corrected chi connectivity index (χ3v) is 3.80. The van der Waals surface area contributed by atoms with Crippen molar-refractivity contribution >= 4 is 29.5 Å². The second kappa shape index (κ2) is 5.19. The molecule has 2 rings (SSSR count). The number of thiophene rings is 1. The van der Waals surface area contributed by atoms with Gasteiger partial charge in [0.15, 0.2) is 0 Å². The van der Waals surface area contributed by atoms with Crippen LogP contribution in [0.4, 0.5) is 0 Å². The van der Waals surface area contributed by atoms with Gasteiger partial charge in [-0.2, -0.15) is 0 Å². The Kier molecular flexibility index (Phi) is 3.64. The number of aryl methyl sites for hydroxylation is 1. The first-order valence-electron chi connectivity index (χ1n) is 5.35. The lowest BCUT2D eigenvalue weighted by molar-refractivity contribution is -0.136. The van der Waals surface area contributed by atoms with Crippen molar-refractivity contribution in [2.24, 2.45) is 0 Å². The molecule has 3 nitrogen and oxygen atoms in total. The van der Waals surface area contributed by atoms with Crippen LogP contribution in [0, 0.1) is 0 Å². The first-order chi connectivity index (χ1) is 8.24. The third kappa shape index (κ3) is 2.58. The highest BCUT2D eigenvalue weighted by Gasteiger charge is 2.18. The second-order valence-electron chi connectivity index (χ2n) is 3.73. The molecule has 0 radical (unpaired) electrons. The maximum Gasteiger partial charge on any atom is 0.333 e. The molecule has 0 aromatic carbocycles. The number of ether oxygens (including phenoxy) is 2. The molecule has 0 saturated carbocycles. The Morgan fingerprint density at radius 1 is 1.41 bits per heavy atom. The van der Waals surface area contributed by atoms with Crippen LogP contribution in [-0.4, -0.2) is 20.2 Å². The van der Waals surface area contributed by atoms with Crippen molar-refractivity contribution in [3.8, 4) is 0 Å². The van der Waals surface area contributed by atoms with E-state index in [1.807, 2.05) is 12.2 Å². The van der Waals surface area contributed by atoms with Crippen LogP contribution in [0.1, 0.15) is 21.7 Å². The molecule has 4 heteroatoms. The number of carbonyl (C=O) groups is 1. The van der Waals surface area contributed by atoms with E-state index in [0.717, 1.165) is 28.9 Å². The minimum Gasteiger partial charge on any atom is -0.504 e. The van der Waals surface area contributed by atoms with E-state index in [1.54, 1.807) is 24.7 Å². The number of methoxy groups -OCH3 is 2. The van der Waals surface area contributed by atoms with Crippen molar-refractivity contribution < 1.29 is 14.3 Å². The Hall–Kier alpha value is -1.55. The van der Waals surface area contributed by atoms with Gasteiger partial charge < -0.3 is 9.47 Å². The van der Waals surface area contributed by atoms with Crippen molar-refractivity contribution in [3.63, 3.8) is 0 Å². The number of esters is 1. The number of hydrogen-bond acceptors (Lipinski definition) is 4. The summed E-state index contributed by atoms with van der Waals surface area (Å²) in [6.07, 6.45) is 7.16. The van der Waals surface area contributed by atoms with Crippen LogP contribution in [0.5, 0.6) is 0 Å². The Morgan fingerprint density at radius 3 is 2.94 bits per heavy atom. The van der Waals surface area contributed by atoms with Crippen LogP contribution in [0.2, 0.25) is 0 Å². The largest absolute Gasteiger partial charge is 0.504 e. The van der Waals surface area contributed by atoms with Crippen molar-refractivity contribution in [1.29, 1.82) is 0 Å². The van der Waals surface area contributed by atoms with Gasteiger partial charge >= 0.3 is 5.97 Å². The van der Waals surface area contributed by atoms with Crippen LogP contribution in [0.15, 0.2) is 17.9 Å². The maximum absolute atomic E-state index is 11.4. The van der Waals surface area contributed by atoms with E-state index in [9.17, 15) is 4.79 Å². The summed E-state index contributed by atoms with van der Waals surface area (Å²) >= 11 is 1.73. The molecule has 0 saturated heterocycles. The molecule has 17 heavy (non-hydrogen) atoms. The summed E-state index contributed by atoms with van der Waals surface area (Å²) in [5, 5.41) is 0. The second-order valence-corrected chi connectivity index (χ2v) is 4.90. The maximum atomic E-state index is 11.4. The fraction of sp³-hybridized carbons (Fsp3) is 0.308. The van der Waals surface area contributed by atoms with Crippen LogP contribution >= 0.6 is 11.3 Å². The summed E-state index contributed by atoms with van der Waals surface area (Å²) in [7, 11) is 3.04. The Bertz CT molecular complexity index is 483. The lowest BCUT2D eigenvalue weighted by Crippen LogP contribution is -2.08. The zero-order valence-corrected chi connectivity index (χ0v) is 10.7. The molecule has 0 N–H and O–H groups in total. The quantitative estimate of drug-likeness (QED) is 0.611. The van der Waals surface area contributed by atoms with Crippen LogP contribution < -0.4 is 0 Å². The summed E-state index contributed by atoms with van der Waals surface area (Å²) in [5.41, 5.74) is 1.87. The van der Waals surface area contributed by atoms with Crippen molar-refractivity contribution in [2.45, 2.75) is 12.8 Å². The average molecular weight is 250 g/mol. The topological polar surface area (TPSA) is 35.5 Å². The highest BCUT2D eigenvalue weighted by molar-refractivity contribution is 7.13. The molecule has 1 aromatic rings. The molecule has 1 aliphatic rings. The van der Waals surface area contributed by atoms with Gasteiger partial charge in [-0.05, 0) is 36.6 Å². The molecule has 1 heterocycles. The van der Waals surface area contributed by atoms with Crippen LogP contribution in [-0.2, 0) is 20.7 Å². The van der Waals surface area contributed by atoms with Crippen molar-refractivity contribution in [3.05, 3.63) is 33.2 Å². The van der Waals surface area contributed by atoms with Crippen LogP contribution in [0.25, 0.3) is 12.2 Å². The molecule has 0 spiro atoms. The molecule has 1 aliphatic carbocycles. The molecule has 0 atom stereocenters. The van der Waals surface area contributed by atoms with E-state index >= 15 is 0 Å². The van der Waals surface area contributed by atoms with Crippen molar-refractivity contribution in [2.75, 3.05) is 14.2 Å². The van der Waals surface area contributed by atoms with E-state index in [1.165, 1.54) is 12.0 Å². The van der Waals surface area contributed by atoms with E-state index < -0.39 is 0 Å². The molecule has 1 aromatic heterocycles. The highest BCUT2D eigenvalue weighted by atomic mass is 32.1. The van der Waals surface area contributed by atoms with E-state index in [-0.39, 0.29) is 5.97 Å². The van der Waals surface area contributed by atoms with E-state index in [4.69, 9.17) is 9.47 Å². The summed E-state index contributed by atoms with van der Waals surface area (Å²) in [6, 6.07) is 2.07. The Labute approximate surface area is 104 Å². The lowest BCUT2D eigenvalue weighted by Gasteiger charge is -2.10. The molecular formula is C13H14O3S. The smallest absolute Gasteiger partial charge is 0.333 e. The van der Waals surface area contributed by atoms with Crippen LogP contribution in [0.3, 0.4) is 0 Å². The number of rotatable bonds is 3. The van der Waals surface area contributed by atoms with E-state index in [0.29, 0.717) is 0 Å². The van der Waals surface area contributed by atoms with Crippen molar-refractivity contribution in [1.82, 2.24) is 0 Å². The predicted molar refractivity (Wildman–Crippen MR) is 68.7 cm³/mol. The molecule has 0 bridgehead atoms. The van der Waals surface area contributed by atoms with Gasteiger partial charge in [-0.1, -0.05) is 0 Å². The first-order valence-corrected chi connectivity index (χ1v) is 6.17. The standard InChI is InChI=1S/C13H14O3S/c1-15-6-5-11-8-10-7-9(13(14)16-2)3-4-12(10)17-11/h5-8H,3-4H2,1-2H3. The lowest BCUT2D eigenvalue weighted by atomic mass is 9.99. The Balaban J connectivity index is 2.26. The van der Waals surface area contributed by atoms with Gasteiger partial charge in [0.25, 0.3) is 0 Å². The Morgan fingerprint density at radius 2 is 2.24 bits per heavy atom. The predicted octanol–water partition coefficient (Wildman–Crippen LogP) is 2.87. The molecular weight excluding hydrogens is 236 g/mol. The van der Waals surface area contributed by atoms with Gasteiger partial charge in [-0.25, -0.2) is 4.79 Å². The van der Waals surface area contributed by atoms with Gasteiger partial charge in [0.2, 0.25) is 0 Å². The molecule has 0 aliphatic heterocycles. The minimum absolute atomic E-state index is 0.226. The molecule has 0 fully saturated rings. The van der Waals surface area contributed by atoms with Gasteiger partial charge in [0.1, 0.15) is 0 Å². The van der Waals surface area contributed by atoms with E-state index in [2.05, 4.69) is 6.07 Å². The molecule has 90 valence electrons. The fourth-order valence-electron chi connectivity index (χ4n) is 1.80. The number of fused-ring (bicyclic) bond motifs is 1. The fourth-order valence-corrected chi connectivity index (χ4v) is 2.83. The third-order valence-electron chi connectivity index (χ3n) is 2.63. The van der Waals surface area contributed by atoms with Gasteiger partial charge in [0.05, 0.1) is 20.5 Å². The highest BCUT2D eigenvalue weighted by Crippen LogP contribution is 2.32.